The van der Waals surface area contributed by atoms with Gasteiger partial charge in [0, 0.05) is 12.6 Å². The number of ether oxygens (including phenoxy) is 1. The first-order valence-corrected chi connectivity index (χ1v) is 7.42. The third-order valence-corrected chi connectivity index (χ3v) is 3.64. The molecule has 0 radical (unpaired) electrons. The Bertz CT molecular complexity index is 635. The molecular formula is C12H13ClN4O3S. The molecule has 0 saturated heterocycles. The summed E-state index contributed by atoms with van der Waals surface area (Å²) in [5.74, 6) is 0.254. The van der Waals surface area contributed by atoms with Crippen molar-refractivity contribution in [3.05, 3.63) is 38.3 Å². The first-order valence-electron chi connectivity index (χ1n) is 6.23. The minimum Gasteiger partial charge on any atom is -0.485 e. The number of nitrogens with one attached hydrogen (secondary N) is 1. The van der Waals surface area contributed by atoms with E-state index in [2.05, 4.69) is 22.4 Å². The van der Waals surface area contributed by atoms with Crippen LogP contribution in [0.4, 0.5) is 10.8 Å². The lowest BCUT2D eigenvalue weighted by atomic mass is 10.3. The zero-order chi connectivity index (χ0) is 15.2. The summed E-state index contributed by atoms with van der Waals surface area (Å²) in [4.78, 5) is 10.2. The van der Waals surface area contributed by atoms with E-state index in [9.17, 15) is 10.1 Å². The maximum Gasteiger partial charge on any atom is 0.273 e. The number of nitrogens with zero attached hydrogens (tertiary/aromatic N) is 3. The van der Waals surface area contributed by atoms with E-state index in [1.54, 1.807) is 0 Å². The highest BCUT2D eigenvalue weighted by atomic mass is 35.5. The van der Waals surface area contributed by atoms with Crippen LogP contribution in [0.3, 0.4) is 0 Å². The van der Waals surface area contributed by atoms with Crippen molar-refractivity contribution in [1.82, 2.24) is 10.2 Å². The van der Waals surface area contributed by atoms with Gasteiger partial charge in [0.25, 0.3) is 5.69 Å². The van der Waals surface area contributed by atoms with E-state index in [0.717, 1.165) is 18.1 Å². The molecule has 0 amide bonds. The predicted molar refractivity (Wildman–Crippen MR) is 81.1 cm³/mol. The summed E-state index contributed by atoms with van der Waals surface area (Å²) in [5.41, 5.74) is -0.0723. The van der Waals surface area contributed by atoms with Crippen molar-refractivity contribution in [3.63, 3.8) is 0 Å². The number of rotatable bonds is 7. The van der Waals surface area contributed by atoms with Crippen LogP contribution < -0.4 is 10.1 Å². The fourth-order valence-electron chi connectivity index (χ4n) is 1.47. The van der Waals surface area contributed by atoms with Gasteiger partial charge in [-0.15, -0.1) is 10.2 Å². The quantitative estimate of drug-likeness (QED) is 0.618. The largest absolute Gasteiger partial charge is 0.485 e. The van der Waals surface area contributed by atoms with Crippen LogP contribution in [0.1, 0.15) is 18.4 Å². The molecule has 2 rings (SSSR count). The standard InChI is InChI=1S/C12H13ClN4O3S/c1-2-5-14-12-16-15-11(21-12)7-20-10-6-8(17(18)19)3-4-9(10)13/h3-4,6H,2,5,7H2,1H3,(H,14,16). The molecule has 9 heteroatoms. The van der Waals surface area contributed by atoms with E-state index in [1.807, 2.05) is 0 Å². The maximum atomic E-state index is 10.7. The average Bonchev–Trinajstić information content (AvgIpc) is 2.92. The van der Waals surface area contributed by atoms with Crippen LogP contribution in [0.25, 0.3) is 0 Å². The van der Waals surface area contributed by atoms with E-state index < -0.39 is 4.92 Å². The molecule has 0 aliphatic heterocycles. The van der Waals surface area contributed by atoms with Crippen molar-refractivity contribution in [2.75, 3.05) is 11.9 Å². The minimum absolute atomic E-state index is 0.0723. The number of anilines is 1. The number of nitro groups is 1. The fourth-order valence-corrected chi connectivity index (χ4v) is 2.32. The highest BCUT2D eigenvalue weighted by Gasteiger charge is 2.12. The van der Waals surface area contributed by atoms with Crippen molar-refractivity contribution in [3.8, 4) is 5.75 Å². The molecule has 1 heterocycles. The lowest BCUT2D eigenvalue weighted by Crippen LogP contribution is -1.98. The molecule has 1 aromatic heterocycles. The molecule has 1 aromatic carbocycles. The molecular weight excluding hydrogens is 316 g/mol. The summed E-state index contributed by atoms with van der Waals surface area (Å²) in [6.07, 6.45) is 0.995. The highest BCUT2D eigenvalue weighted by Crippen LogP contribution is 2.29. The van der Waals surface area contributed by atoms with Crippen molar-refractivity contribution < 1.29 is 9.66 Å². The Hall–Kier alpha value is -1.93. The number of hydrogen-bond acceptors (Lipinski definition) is 7. The second-order valence-electron chi connectivity index (χ2n) is 4.09. The zero-order valence-corrected chi connectivity index (χ0v) is 12.8. The Morgan fingerprint density at radius 2 is 2.29 bits per heavy atom. The van der Waals surface area contributed by atoms with Crippen molar-refractivity contribution in [2.24, 2.45) is 0 Å². The molecule has 0 bridgehead atoms. The highest BCUT2D eigenvalue weighted by molar-refractivity contribution is 7.15. The number of benzene rings is 1. The van der Waals surface area contributed by atoms with Gasteiger partial charge >= 0.3 is 0 Å². The van der Waals surface area contributed by atoms with Crippen LogP contribution in [0.5, 0.6) is 5.75 Å². The summed E-state index contributed by atoms with van der Waals surface area (Å²) < 4.78 is 5.48. The van der Waals surface area contributed by atoms with Gasteiger partial charge in [0.2, 0.25) is 5.13 Å². The molecule has 21 heavy (non-hydrogen) atoms. The number of aromatic nitrogens is 2. The fraction of sp³-hybridized carbons (Fsp3) is 0.333. The number of halogens is 1. The van der Waals surface area contributed by atoms with Gasteiger partial charge in [0.15, 0.2) is 5.01 Å². The SMILES string of the molecule is CCCNc1nnc(COc2cc([N+](=O)[O-])ccc2Cl)s1. The van der Waals surface area contributed by atoms with Gasteiger partial charge in [-0.3, -0.25) is 10.1 Å². The molecule has 1 N–H and O–H groups in total. The van der Waals surface area contributed by atoms with Gasteiger partial charge in [-0.1, -0.05) is 29.9 Å². The maximum absolute atomic E-state index is 10.7. The van der Waals surface area contributed by atoms with Crippen molar-refractivity contribution in [1.29, 1.82) is 0 Å². The van der Waals surface area contributed by atoms with Gasteiger partial charge in [-0.2, -0.15) is 0 Å². The van der Waals surface area contributed by atoms with Gasteiger partial charge in [0.05, 0.1) is 16.0 Å². The second-order valence-corrected chi connectivity index (χ2v) is 5.56. The smallest absolute Gasteiger partial charge is 0.273 e. The summed E-state index contributed by atoms with van der Waals surface area (Å²) in [6, 6.07) is 4.05. The zero-order valence-electron chi connectivity index (χ0n) is 11.2. The van der Waals surface area contributed by atoms with E-state index in [0.29, 0.717) is 10.0 Å². The molecule has 0 aliphatic rings. The first-order chi connectivity index (χ1) is 10.1. The average molecular weight is 329 g/mol. The predicted octanol–water partition coefficient (Wildman–Crippen LogP) is 3.50. The molecule has 0 spiro atoms. The molecule has 2 aromatic rings. The van der Waals surface area contributed by atoms with E-state index >= 15 is 0 Å². The Balaban J connectivity index is 2.00. The topological polar surface area (TPSA) is 90.2 Å². The lowest BCUT2D eigenvalue weighted by molar-refractivity contribution is -0.384. The summed E-state index contributed by atoms with van der Waals surface area (Å²) in [6.45, 7) is 3.04. The van der Waals surface area contributed by atoms with E-state index in [1.165, 1.54) is 29.5 Å². The molecule has 0 fully saturated rings. The number of non-ortho nitro benzene ring substituents is 1. The van der Waals surface area contributed by atoms with Crippen LogP contribution in [0, 0.1) is 10.1 Å². The van der Waals surface area contributed by atoms with Crippen molar-refractivity contribution in [2.45, 2.75) is 20.0 Å². The molecule has 112 valence electrons. The Kier molecular flexibility index (Phi) is 5.29. The molecule has 7 nitrogen and oxygen atoms in total. The van der Waals surface area contributed by atoms with E-state index in [-0.39, 0.29) is 18.0 Å². The first kappa shape index (κ1) is 15.5. The summed E-state index contributed by atoms with van der Waals surface area (Å²) in [7, 11) is 0. The summed E-state index contributed by atoms with van der Waals surface area (Å²) in [5, 5.41) is 23.5. The van der Waals surface area contributed by atoms with Crippen LogP contribution in [0.15, 0.2) is 18.2 Å². The van der Waals surface area contributed by atoms with Gasteiger partial charge in [0.1, 0.15) is 12.4 Å². The van der Waals surface area contributed by atoms with Gasteiger partial charge in [-0.25, -0.2) is 0 Å². The molecule has 0 aliphatic carbocycles. The lowest BCUT2D eigenvalue weighted by Gasteiger charge is -2.05. The second kappa shape index (κ2) is 7.19. The monoisotopic (exact) mass is 328 g/mol. The Labute approximate surface area is 130 Å². The molecule has 0 saturated carbocycles. The van der Waals surface area contributed by atoms with Crippen LogP contribution in [0.2, 0.25) is 5.02 Å². The number of nitro benzene ring substituents is 1. The van der Waals surface area contributed by atoms with Gasteiger partial charge < -0.3 is 10.1 Å². The molecule has 0 atom stereocenters. The van der Waals surface area contributed by atoms with E-state index in [4.69, 9.17) is 16.3 Å². The minimum atomic E-state index is -0.499. The van der Waals surface area contributed by atoms with Crippen LogP contribution in [-0.2, 0) is 6.61 Å². The normalized spacial score (nSPS) is 10.4. The Morgan fingerprint density at radius 1 is 1.48 bits per heavy atom. The van der Waals surface area contributed by atoms with Gasteiger partial charge in [-0.05, 0) is 12.5 Å². The van der Waals surface area contributed by atoms with Crippen LogP contribution >= 0.6 is 22.9 Å². The summed E-state index contributed by atoms with van der Waals surface area (Å²) >= 11 is 7.32. The third-order valence-electron chi connectivity index (χ3n) is 2.47. The third kappa shape index (κ3) is 4.27. The number of hydrogen-bond donors (Lipinski definition) is 1. The van der Waals surface area contributed by atoms with Crippen LogP contribution in [-0.4, -0.2) is 21.7 Å². The Morgan fingerprint density at radius 3 is 3.00 bits per heavy atom. The van der Waals surface area contributed by atoms with Crippen molar-refractivity contribution >= 4 is 33.8 Å². The molecule has 0 unspecified atom stereocenters.